The molecule has 0 radical (unpaired) electrons. The van der Waals surface area contributed by atoms with E-state index in [1.807, 2.05) is 16.7 Å². The zero-order chi connectivity index (χ0) is 18.7. The van der Waals surface area contributed by atoms with Crippen molar-refractivity contribution in [3.63, 3.8) is 0 Å². The van der Waals surface area contributed by atoms with E-state index in [9.17, 15) is 9.59 Å². The van der Waals surface area contributed by atoms with Gasteiger partial charge < -0.3 is 15.0 Å². The zero-order valence-corrected chi connectivity index (χ0v) is 16.2. The minimum Gasteiger partial charge on any atom is -0.375 e. The van der Waals surface area contributed by atoms with Gasteiger partial charge in [-0.25, -0.2) is 0 Å². The van der Waals surface area contributed by atoms with E-state index in [1.54, 1.807) is 18.2 Å². The van der Waals surface area contributed by atoms with Gasteiger partial charge in [-0.2, -0.15) is 0 Å². The molecular weight excluding hydrogens is 377 g/mol. The Balaban J connectivity index is 1.61. The van der Waals surface area contributed by atoms with Crippen LogP contribution in [0.5, 0.6) is 0 Å². The number of carbonyl (C=O) groups excluding carboxylic acids is 2. The Morgan fingerprint density at radius 2 is 2.12 bits per heavy atom. The lowest BCUT2D eigenvalue weighted by Crippen LogP contribution is -2.50. The van der Waals surface area contributed by atoms with Crippen LogP contribution in [0.3, 0.4) is 0 Å². The molecule has 2 aliphatic heterocycles. The summed E-state index contributed by atoms with van der Waals surface area (Å²) >= 11 is 12.1. The van der Waals surface area contributed by atoms with E-state index in [-0.39, 0.29) is 30.5 Å². The maximum Gasteiger partial charge on any atom is 0.241 e. The van der Waals surface area contributed by atoms with Crippen LogP contribution >= 0.6 is 23.2 Å². The van der Waals surface area contributed by atoms with E-state index in [0.717, 1.165) is 19.4 Å². The van der Waals surface area contributed by atoms with E-state index < -0.39 is 0 Å². The standard InChI is InChI=1S/C18H23Cl2N3O3/c1-12-10-23(7-8-26-12)17(24)11-22-6-2-3-16(22)18(25)21-15-9-13(19)4-5-14(15)20/h4-5,9,12,16H,2-3,6-8,10-11H2,1H3,(H,21,25). The Morgan fingerprint density at radius 1 is 1.31 bits per heavy atom. The van der Waals surface area contributed by atoms with Crippen LogP contribution in [0.25, 0.3) is 0 Å². The predicted octanol–water partition coefficient (Wildman–Crippen LogP) is 2.64. The molecule has 0 saturated carbocycles. The average Bonchev–Trinajstić information content (AvgIpc) is 3.06. The summed E-state index contributed by atoms with van der Waals surface area (Å²) in [6, 6.07) is 4.60. The average molecular weight is 400 g/mol. The minimum absolute atomic E-state index is 0.0423. The summed E-state index contributed by atoms with van der Waals surface area (Å²) in [6.45, 7) is 4.69. The fourth-order valence-corrected chi connectivity index (χ4v) is 3.78. The summed E-state index contributed by atoms with van der Waals surface area (Å²) in [7, 11) is 0. The van der Waals surface area contributed by atoms with Crippen LogP contribution in [0, 0.1) is 0 Å². The van der Waals surface area contributed by atoms with Crippen LogP contribution < -0.4 is 5.32 Å². The van der Waals surface area contributed by atoms with Crippen LogP contribution in [0.4, 0.5) is 5.69 Å². The summed E-state index contributed by atoms with van der Waals surface area (Å²) in [4.78, 5) is 29.0. The Morgan fingerprint density at radius 3 is 2.88 bits per heavy atom. The minimum atomic E-state index is -0.340. The lowest BCUT2D eigenvalue weighted by Gasteiger charge is -2.33. The van der Waals surface area contributed by atoms with Crippen molar-refractivity contribution >= 4 is 40.7 Å². The molecule has 2 saturated heterocycles. The summed E-state index contributed by atoms with van der Waals surface area (Å²) in [5.41, 5.74) is 0.490. The van der Waals surface area contributed by atoms with Crippen LogP contribution in [0.1, 0.15) is 19.8 Å². The highest BCUT2D eigenvalue weighted by molar-refractivity contribution is 6.35. The molecule has 1 N–H and O–H groups in total. The van der Waals surface area contributed by atoms with E-state index in [4.69, 9.17) is 27.9 Å². The molecule has 142 valence electrons. The summed E-state index contributed by atoms with van der Waals surface area (Å²) in [5.74, 6) is -0.115. The molecular formula is C18H23Cl2N3O3. The second-order valence-corrected chi connectivity index (χ2v) is 7.61. The zero-order valence-electron chi connectivity index (χ0n) is 14.7. The molecule has 2 amide bonds. The fraction of sp³-hybridized carbons (Fsp3) is 0.556. The van der Waals surface area contributed by atoms with E-state index >= 15 is 0 Å². The lowest BCUT2D eigenvalue weighted by atomic mass is 10.2. The van der Waals surface area contributed by atoms with Crippen molar-refractivity contribution in [3.05, 3.63) is 28.2 Å². The van der Waals surface area contributed by atoms with Crippen molar-refractivity contribution in [1.29, 1.82) is 0 Å². The van der Waals surface area contributed by atoms with Gasteiger partial charge in [0, 0.05) is 18.1 Å². The summed E-state index contributed by atoms with van der Waals surface area (Å²) in [6.07, 6.45) is 1.65. The smallest absolute Gasteiger partial charge is 0.241 e. The van der Waals surface area contributed by atoms with Crippen LogP contribution in [-0.4, -0.2) is 66.5 Å². The molecule has 0 bridgehead atoms. The maximum atomic E-state index is 12.7. The highest BCUT2D eigenvalue weighted by Crippen LogP contribution is 2.27. The van der Waals surface area contributed by atoms with Crippen molar-refractivity contribution in [3.8, 4) is 0 Å². The van der Waals surface area contributed by atoms with E-state index in [1.165, 1.54) is 0 Å². The van der Waals surface area contributed by atoms with Gasteiger partial charge in [0.05, 0.1) is 36.0 Å². The second kappa shape index (κ2) is 8.57. The molecule has 0 aromatic heterocycles. The molecule has 0 spiro atoms. The number of halogens is 2. The lowest BCUT2D eigenvalue weighted by molar-refractivity contribution is -0.140. The third-order valence-corrected chi connectivity index (χ3v) is 5.35. The number of anilines is 1. The number of carbonyl (C=O) groups is 2. The first-order valence-electron chi connectivity index (χ1n) is 8.83. The summed E-state index contributed by atoms with van der Waals surface area (Å²) < 4.78 is 5.48. The van der Waals surface area contributed by atoms with Gasteiger partial charge >= 0.3 is 0 Å². The van der Waals surface area contributed by atoms with Crippen LogP contribution in [0.2, 0.25) is 10.0 Å². The van der Waals surface area contributed by atoms with E-state index in [0.29, 0.717) is 35.4 Å². The molecule has 0 aliphatic carbocycles. The molecule has 1 aromatic carbocycles. The monoisotopic (exact) mass is 399 g/mol. The Labute approximate surface area is 163 Å². The molecule has 26 heavy (non-hydrogen) atoms. The first kappa shape index (κ1) is 19.4. The maximum absolute atomic E-state index is 12.7. The molecule has 3 rings (SSSR count). The highest BCUT2D eigenvalue weighted by atomic mass is 35.5. The number of hydrogen-bond donors (Lipinski definition) is 1. The number of morpholine rings is 1. The number of amides is 2. The van der Waals surface area contributed by atoms with E-state index in [2.05, 4.69) is 5.32 Å². The van der Waals surface area contributed by atoms with Crippen LogP contribution in [0.15, 0.2) is 18.2 Å². The van der Waals surface area contributed by atoms with Crippen molar-refractivity contribution in [2.45, 2.75) is 31.9 Å². The number of nitrogens with one attached hydrogen (secondary N) is 1. The number of benzene rings is 1. The van der Waals surface area contributed by atoms with Gasteiger partial charge in [0.2, 0.25) is 11.8 Å². The SMILES string of the molecule is CC1CN(C(=O)CN2CCCC2C(=O)Nc2cc(Cl)ccc2Cl)CCO1. The van der Waals surface area contributed by atoms with Crippen molar-refractivity contribution in [2.24, 2.45) is 0 Å². The predicted molar refractivity (Wildman–Crippen MR) is 102 cm³/mol. The molecule has 2 fully saturated rings. The molecule has 2 heterocycles. The number of ether oxygens (including phenoxy) is 1. The van der Waals surface area contributed by atoms with Gasteiger partial charge in [-0.05, 0) is 44.5 Å². The van der Waals surface area contributed by atoms with Gasteiger partial charge in [0.25, 0.3) is 0 Å². The van der Waals surface area contributed by atoms with Crippen molar-refractivity contribution < 1.29 is 14.3 Å². The first-order chi connectivity index (χ1) is 12.4. The highest BCUT2D eigenvalue weighted by Gasteiger charge is 2.33. The normalized spacial score (nSPS) is 23.9. The quantitative estimate of drug-likeness (QED) is 0.844. The molecule has 2 aliphatic rings. The molecule has 2 atom stereocenters. The number of hydrogen-bond acceptors (Lipinski definition) is 4. The van der Waals surface area contributed by atoms with Gasteiger partial charge in [0.1, 0.15) is 0 Å². The third kappa shape index (κ3) is 4.68. The first-order valence-corrected chi connectivity index (χ1v) is 9.59. The van der Waals surface area contributed by atoms with Crippen molar-refractivity contribution in [1.82, 2.24) is 9.80 Å². The van der Waals surface area contributed by atoms with Gasteiger partial charge in [-0.1, -0.05) is 23.2 Å². The topological polar surface area (TPSA) is 61.9 Å². The summed E-state index contributed by atoms with van der Waals surface area (Å²) in [5, 5.41) is 3.78. The molecule has 8 heteroatoms. The van der Waals surface area contributed by atoms with Crippen LogP contribution in [-0.2, 0) is 14.3 Å². The van der Waals surface area contributed by atoms with Gasteiger partial charge in [-0.3, -0.25) is 14.5 Å². The Bertz CT molecular complexity index is 686. The number of likely N-dealkylation sites (tertiary alicyclic amines) is 1. The Hall–Kier alpha value is -1.34. The van der Waals surface area contributed by atoms with Gasteiger partial charge in [-0.15, -0.1) is 0 Å². The molecule has 1 aromatic rings. The molecule has 6 nitrogen and oxygen atoms in total. The fourth-order valence-electron chi connectivity index (χ4n) is 3.44. The molecule has 2 unspecified atom stereocenters. The largest absolute Gasteiger partial charge is 0.375 e. The Kier molecular flexibility index (Phi) is 6.40. The van der Waals surface area contributed by atoms with Crippen molar-refractivity contribution in [2.75, 3.05) is 38.1 Å². The van der Waals surface area contributed by atoms with Gasteiger partial charge in [0.15, 0.2) is 0 Å². The number of nitrogens with zero attached hydrogens (tertiary/aromatic N) is 2. The number of rotatable bonds is 4. The third-order valence-electron chi connectivity index (χ3n) is 4.78. The second-order valence-electron chi connectivity index (χ2n) is 6.76.